The predicted octanol–water partition coefficient (Wildman–Crippen LogP) is 2.99. The van der Waals surface area contributed by atoms with E-state index in [4.69, 9.17) is 4.74 Å². The molecule has 1 aromatic rings. The van der Waals surface area contributed by atoms with Crippen molar-refractivity contribution < 1.29 is 9.53 Å². The Bertz CT molecular complexity index is 409. The molecule has 3 heteroatoms. The summed E-state index contributed by atoms with van der Waals surface area (Å²) in [6, 6.07) is 7.40. The molecule has 17 heavy (non-hydrogen) atoms. The van der Waals surface area contributed by atoms with Crippen molar-refractivity contribution >= 4 is 11.6 Å². The number of carbonyl (C=O) groups is 1. The van der Waals surface area contributed by atoms with Crippen molar-refractivity contribution in [2.45, 2.75) is 19.3 Å². The second-order valence-electron chi connectivity index (χ2n) is 4.20. The number of nitrogens with one attached hydrogen (secondary N) is 1. The van der Waals surface area contributed by atoms with Crippen molar-refractivity contribution in [1.29, 1.82) is 0 Å². The van der Waals surface area contributed by atoms with Crippen LogP contribution in [0, 0.1) is 5.92 Å². The van der Waals surface area contributed by atoms with Crippen molar-refractivity contribution in [3.05, 3.63) is 36.4 Å². The molecule has 0 aliphatic heterocycles. The maximum absolute atomic E-state index is 11.9. The molecule has 1 aliphatic carbocycles. The lowest BCUT2D eigenvalue weighted by Gasteiger charge is -2.17. The fraction of sp³-hybridized carbons (Fsp3) is 0.357. The first kappa shape index (κ1) is 11.7. The second-order valence-corrected chi connectivity index (χ2v) is 4.20. The molecule has 1 amide bonds. The molecular formula is C14H17NO2. The number of rotatable bonds is 3. The van der Waals surface area contributed by atoms with Crippen molar-refractivity contribution in [2.75, 3.05) is 12.4 Å². The number of amides is 1. The molecule has 0 saturated heterocycles. The lowest BCUT2D eigenvalue weighted by molar-refractivity contribution is -0.120. The third-order valence-corrected chi connectivity index (χ3v) is 3.00. The highest BCUT2D eigenvalue weighted by atomic mass is 16.5. The predicted molar refractivity (Wildman–Crippen MR) is 68.1 cm³/mol. The average molecular weight is 231 g/mol. The van der Waals surface area contributed by atoms with E-state index in [2.05, 4.69) is 17.5 Å². The topological polar surface area (TPSA) is 38.3 Å². The molecule has 1 atom stereocenters. The Morgan fingerprint density at radius 2 is 2.06 bits per heavy atom. The standard InChI is InChI=1S/C14H17NO2/c1-17-13-9-7-12(8-10-13)15-14(16)11-5-3-2-4-6-11/h2-3,7-11H,4-6H2,1H3,(H,15,16). The van der Waals surface area contributed by atoms with Crippen LogP contribution in [0.2, 0.25) is 0 Å². The lowest BCUT2D eigenvalue weighted by atomic mass is 9.93. The molecule has 0 aromatic heterocycles. The van der Waals surface area contributed by atoms with Gasteiger partial charge >= 0.3 is 0 Å². The summed E-state index contributed by atoms with van der Waals surface area (Å²) in [4.78, 5) is 11.9. The van der Waals surface area contributed by atoms with Gasteiger partial charge in [0, 0.05) is 11.6 Å². The van der Waals surface area contributed by atoms with Gasteiger partial charge in [0.25, 0.3) is 0 Å². The quantitative estimate of drug-likeness (QED) is 0.812. The monoisotopic (exact) mass is 231 g/mol. The Morgan fingerprint density at radius 1 is 1.29 bits per heavy atom. The number of benzene rings is 1. The minimum atomic E-state index is 0.111. The zero-order valence-electron chi connectivity index (χ0n) is 9.98. The Morgan fingerprint density at radius 3 is 2.65 bits per heavy atom. The SMILES string of the molecule is COc1ccc(NC(=O)C2CC=CCC2)cc1. The molecule has 1 unspecified atom stereocenters. The van der Waals surface area contributed by atoms with Crippen LogP contribution in [-0.2, 0) is 4.79 Å². The molecule has 90 valence electrons. The van der Waals surface area contributed by atoms with Crippen LogP contribution in [0.5, 0.6) is 5.75 Å². The van der Waals surface area contributed by atoms with Gasteiger partial charge in [0.1, 0.15) is 5.75 Å². The van der Waals surface area contributed by atoms with Gasteiger partial charge in [0.2, 0.25) is 5.91 Å². The van der Waals surface area contributed by atoms with Crippen LogP contribution >= 0.6 is 0 Å². The average Bonchev–Trinajstić information content (AvgIpc) is 2.40. The summed E-state index contributed by atoms with van der Waals surface area (Å²) in [5, 5.41) is 2.93. The number of ether oxygens (including phenoxy) is 1. The molecule has 0 heterocycles. The van der Waals surface area contributed by atoms with E-state index in [9.17, 15) is 4.79 Å². The van der Waals surface area contributed by atoms with E-state index in [1.54, 1.807) is 7.11 Å². The van der Waals surface area contributed by atoms with Crippen LogP contribution < -0.4 is 10.1 Å². The van der Waals surface area contributed by atoms with Crippen LogP contribution in [0.3, 0.4) is 0 Å². The van der Waals surface area contributed by atoms with Gasteiger partial charge in [0.15, 0.2) is 0 Å². The molecule has 0 radical (unpaired) electrons. The number of carbonyl (C=O) groups excluding carboxylic acids is 1. The minimum absolute atomic E-state index is 0.111. The molecule has 1 N–H and O–H groups in total. The summed E-state index contributed by atoms with van der Waals surface area (Å²) >= 11 is 0. The van der Waals surface area contributed by atoms with Gasteiger partial charge in [-0.2, -0.15) is 0 Å². The van der Waals surface area contributed by atoms with Crippen molar-refractivity contribution in [2.24, 2.45) is 5.92 Å². The number of hydrogen-bond donors (Lipinski definition) is 1. The van der Waals surface area contributed by atoms with E-state index in [1.807, 2.05) is 24.3 Å². The molecular weight excluding hydrogens is 214 g/mol. The Hall–Kier alpha value is -1.77. The van der Waals surface area contributed by atoms with Crippen molar-refractivity contribution in [3.63, 3.8) is 0 Å². The molecule has 1 aromatic carbocycles. The van der Waals surface area contributed by atoms with Crippen LogP contribution in [-0.4, -0.2) is 13.0 Å². The largest absolute Gasteiger partial charge is 0.497 e. The summed E-state index contributed by atoms with van der Waals surface area (Å²) in [5.41, 5.74) is 0.824. The van der Waals surface area contributed by atoms with Gasteiger partial charge < -0.3 is 10.1 Å². The molecule has 3 nitrogen and oxygen atoms in total. The van der Waals surface area contributed by atoms with Crippen LogP contribution in [0.25, 0.3) is 0 Å². The van der Waals surface area contributed by atoms with E-state index >= 15 is 0 Å². The molecule has 0 saturated carbocycles. The molecule has 0 bridgehead atoms. The normalized spacial score (nSPS) is 18.8. The Kier molecular flexibility index (Phi) is 3.81. The van der Waals surface area contributed by atoms with Gasteiger partial charge in [-0.15, -0.1) is 0 Å². The number of anilines is 1. The fourth-order valence-electron chi connectivity index (χ4n) is 1.95. The highest BCUT2D eigenvalue weighted by molar-refractivity contribution is 5.92. The first-order chi connectivity index (χ1) is 8.29. The number of methoxy groups -OCH3 is 1. The van der Waals surface area contributed by atoms with Crippen LogP contribution in [0.4, 0.5) is 5.69 Å². The van der Waals surface area contributed by atoms with Gasteiger partial charge in [-0.3, -0.25) is 4.79 Å². The van der Waals surface area contributed by atoms with E-state index < -0.39 is 0 Å². The molecule has 1 aliphatic rings. The van der Waals surface area contributed by atoms with Gasteiger partial charge in [-0.1, -0.05) is 12.2 Å². The number of allylic oxidation sites excluding steroid dienone is 2. The molecule has 0 spiro atoms. The third-order valence-electron chi connectivity index (χ3n) is 3.00. The Balaban J connectivity index is 1.95. The summed E-state index contributed by atoms with van der Waals surface area (Å²) in [6.45, 7) is 0. The maximum Gasteiger partial charge on any atom is 0.227 e. The second kappa shape index (κ2) is 5.53. The van der Waals surface area contributed by atoms with E-state index in [0.717, 1.165) is 30.7 Å². The van der Waals surface area contributed by atoms with Crippen molar-refractivity contribution in [1.82, 2.24) is 0 Å². The maximum atomic E-state index is 11.9. The minimum Gasteiger partial charge on any atom is -0.497 e. The third kappa shape index (κ3) is 3.09. The molecule has 0 fully saturated rings. The van der Waals surface area contributed by atoms with Crippen molar-refractivity contribution in [3.8, 4) is 5.75 Å². The van der Waals surface area contributed by atoms with E-state index in [-0.39, 0.29) is 11.8 Å². The lowest BCUT2D eigenvalue weighted by Crippen LogP contribution is -2.23. The summed E-state index contributed by atoms with van der Waals surface area (Å²) in [7, 11) is 1.63. The van der Waals surface area contributed by atoms with Gasteiger partial charge in [-0.05, 0) is 43.5 Å². The number of hydrogen-bond acceptors (Lipinski definition) is 2. The van der Waals surface area contributed by atoms with Crippen LogP contribution in [0.1, 0.15) is 19.3 Å². The summed E-state index contributed by atoms with van der Waals surface area (Å²) in [6.07, 6.45) is 7.01. The highest BCUT2D eigenvalue weighted by Crippen LogP contribution is 2.21. The smallest absolute Gasteiger partial charge is 0.227 e. The zero-order valence-corrected chi connectivity index (χ0v) is 9.98. The van der Waals surface area contributed by atoms with Crippen LogP contribution in [0.15, 0.2) is 36.4 Å². The summed E-state index contributed by atoms with van der Waals surface area (Å²) < 4.78 is 5.07. The van der Waals surface area contributed by atoms with Gasteiger partial charge in [0.05, 0.1) is 7.11 Å². The van der Waals surface area contributed by atoms with Gasteiger partial charge in [-0.25, -0.2) is 0 Å². The first-order valence-electron chi connectivity index (χ1n) is 5.89. The van der Waals surface area contributed by atoms with E-state index in [1.165, 1.54) is 0 Å². The zero-order chi connectivity index (χ0) is 12.1. The summed E-state index contributed by atoms with van der Waals surface area (Å²) in [5.74, 6) is 1.02. The first-order valence-corrected chi connectivity index (χ1v) is 5.89. The molecule has 2 rings (SSSR count). The highest BCUT2D eigenvalue weighted by Gasteiger charge is 2.18. The van der Waals surface area contributed by atoms with E-state index in [0.29, 0.717) is 0 Å². The fourth-order valence-corrected chi connectivity index (χ4v) is 1.95. The Labute approximate surface area is 101 Å².